The lowest BCUT2D eigenvalue weighted by molar-refractivity contribution is 0.190. The van der Waals surface area contributed by atoms with Gasteiger partial charge in [-0.25, -0.2) is 0 Å². The molecule has 0 spiro atoms. The zero-order valence-corrected chi connectivity index (χ0v) is 22.7. The minimum absolute atomic E-state index is 0.832. The van der Waals surface area contributed by atoms with E-state index in [2.05, 4.69) is 48.3 Å². The van der Waals surface area contributed by atoms with Crippen LogP contribution in [0, 0.1) is 11.8 Å². The summed E-state index contributed by atoms with van der Waals surface area (Å²) in [5, 5.41) is 11.0. The van der Waals surface area contributed by atoms with Crippen molar-refractivity contribution < 1.29 is 4.74 Å². The van der Waals surface area contributed by atoms with Crippen LogP contribution in [0.4, 0.5) is 0 Å². The summed E-state index contributed by atoms with van der Waals surface area (Å²) in [4.78, 5) is 0. The molecule has 34 heavy (non-hydrogen) atoms. The fourth-order valence-electron chi connectivity index (χ4n) is 5.46. The maximum Gasteiger partial charge on any atom is 0.147 e. The Labute approximate surface area is 213 Å². The Bertz CT molecular complexity index is 772. The van der Waals surface area contributed by atoms with Gasteiger partial charge in [-0.1, -0.05) is 109 Å². The molecular weight excluding hydrogens is 436 g/mol. The molecule has 0 radical (unpaired) electrons. The lowest BCUT2D eigenvalue weighted by atomic mass is 9.74. The highest BCUT2D eigenvalue weighted by atomic mass is 32.1. The molecule has 1 heterocycles. The molecule has 0 saturated heterocycles. The number of rotatable bonds is 17. The van der Waals surface area contributed by atoms with Crippen LogP contribution in [-0.4, -0.2) is 16.8 Å². The quantitative estimate of drug-likeness (QED) is 0.210. The molecule has 3 rings (SSSR count). The Morgan fingerprint density at radius 1 is 0.765 bits per heavy atom. The molecule has 1 aliphatic rings. The zero-order valence-electron chi connectivity index (χ0n) is 21.9. The molecule has 0 bridgehead atoms. The Hall–Kier alpha value is -1.42. The van der Waals surface area contributed by atoms with Crippen LogP contribution in [0.2, 0.25) is 0 Å². The molecule has 1 saturated carbocycles. The molecule has 1 aliphatic carbocycles. The molecule has 3 nitrogen and oxygen atoms in total. The molecule has 0 N–H and O–H groups in total. The second-order valence-electron chi connectivity index (χ2n) is 10.3. The largest absolute Gasteiger partial charge is 0.494 e. The first kappa shape index (κ1) is 27.2. The van der Waals surface area contributed by atoms with E-state index < -0.39 is 0 Å². The van der Waals surface area contributed by atoms with E-state index in [9.17, 15) is 0 Å². The van der Waals surface area contributed by atoms with Crippen LogP contribution in [-0.2, 0) is 6.42 Å². The van der Waals surface area contributed by atoms with Crippen molar-refractivity contribution in [1.29, 1.82) is 0 Å². The SMILES string of the molecule is CCCCCCCCc1nnc(-c2ccc(OCCCC3CCCCC3CCCCC)cc2)s1. The molecule has 1 aromatic heterocycles. The van der Waals surface area contributed by atoms with Crippen molar-refractivity contribution in [1.82, 2.24) is 10.2 Å². The lowest BCUT2D eigenvalue weighted by Crippen LogP contribution is -2.20. The van der Waals surface area contributed by atoms with E-state index in [4.69, 9.17) is 4.74 Å². The van der Waals surface area contributed by atoms with Crippen molar-refractivity contribution in [3.8, 4) is 16.3 Å². The van der Waals surface area contributed by atoms with Crippen LogP contribution in [0.15, 0.2) is 24.3 Å². The van der Waals surface area contributed by atoms with Gasteiger partial charge in [-0.3, -0.25) is 0 Å². The fraction of sp³-hybridized carbons (Fsp3) is 0.733. The third-order valence-electron chi connectivity index (χ3n) is 7.55. The van der Waals surface area contributed by atoms with Gasteiger partial charge in [0.25, 0.3) is 0 Å². The van der Waals surface area contributed by atoms with Gasteiger partial charge >= 0.3 is 0 Å². The van der Waals surface area contributed by atoms with E-state index >= 15 is 0 Å². The van der Waals surface area contributed by atoms with E-state index in [0.717, 1.165) is 41.2 Å². The fourth-order valence-corrected chi connectivity index (χ4v) is 6.35. The van der Waals surface area contributed by atoms with Crippen LogP contribution in [0.5, 0.6) is 5.75 Å². The number of unbranched alkanes of at least 4 members (excludes halogenated alkanes) is 7. The summed E-state index contributed by atoms with van der Waals surface area (Å²) >= 11 is 1.74. The molecular formula is C30H48N2OS. The summed E-state index contributed by atoms with van der Waals surface area (Å²) in [6, 6.07) is 8.46. The number of ether oxygens (including phenoxy) is 1. The average Bonchev–Trinajstić information content (AvgIpc) is 3.34. The monoisotopic (exact) mass is 484 g/mol. The topological polar surface area (TPSA) is 35.0 Å². The molecule has 0 aliphatic heterocycles. The van der Waals surface area contributed by atoms with Crippen LogP contribution in [0.1, 0.15) is 122 Å². The minimum atomic E-state index is 0.832. The van der Waals surface area contributed by atoms with Gasteiger partial charge in [-0.2, -0.15) is 0 Å². The number of hydrogen-bond donors (Lipinski definition) is 0. The van der Waals surface area contributed by atoms with Crippen molar-refractivity contribution in [2.75, 3.05) is 6.61 Å². The van der Waals surface area contributed by atoms with Gasteiger partial charge in [-0.05, 0) is 55.4 Å². The zero-order chi connectivity index (χ0) is 23.8. The Morgan fingerprint density at radius 3 is 2.15 bits per heavy atom. The lowest BCUT2D eigenvalue weighted by Gasteiger charge is -2.31. The predicted molar refractivity (Wildman–Crippen MR) is 147 cm³/mol. The van der Waals surface area contributed by atoms with Gasteiger partial charge in [0.15, 0.2) is 0 Å². The second-order valence-corrected chi connectivity index (χ2v) is 11.4. The van der Waals surface area contributed by atoms with Crippen LogP contribution < -0.4 is 4.74 Å². The number of aryl methyl sites for hydroxylation is 1. The van der Waals surface area contributed by atoms with E-state index in [1.54, 1.807) is 11.3 Å². The predicted octanol–water partition coefficient (Wildman–Crippen LogP) is 9.65. The van der Waals surface area contributed by atoms with E-state index in [1.807, 2.05) is 0 Å². The van der Waals surface area contributed by atoms with E-state index in [-0.39, 0.29) is 0 Å². The van der Waals surface area contributed by atoms with Crippen molar-refractivity contribution in [2.45, 2.75) is 123 Å². The summed E-state index contributed by atoms with van der Waals surface area (Å²) in [7, 11) is 0. The van der Waals surface area contributed by atoms with Crippen LogP contribution in [0.25, 0.3) is 10.6 Å². The highest BCUT2D eigenvalue weighted by Crippen LogP contribution is 2.36. The molecule has 2 atom stereocenters. The highest BCUT2D eigenvalue weighted by Gasteiger charge is 2.24. The molecule has 190 valence electrons. The smallest absolute Gasteiger partial charge is 0.147 e. The molecule has 1 fully saturated rings. The van der Waals surface area contributed by atoms with Gasteiger partial charge in [0.05, 0.1) is 6.61 Å². The van der Waals surface area contributed by atoms with Crippen LogP contribution in [0.3, 0.4) is 0 Å². The summed E-state index contributed by atoms with van der Waals surface area (Å²) in [5.41, 5.74) is 1.15. The van der Waals surface area contributed by atoms with Crippen LogP contribution >= 0.6 is 11.3 Å². The Morgan fingerprint density at radius 2 is 1.41 bits per heavy atom. The first-order valence-corrected chi connectivity index (χ1v) is 15.2. The van der Waals surface area contributed by atoms with Gasteiger partial charge in [0.1, 0.15) is 15.8 Å². The number of benzene rings is 1. The maximum atomic E-state index is 6.09. The average molecular weight is 485 g/mol. The van der Waals surface area contributed by atoms with Gasteiger partial charge in [-0.15, -0.1) is 10.2 Å². The van der Waals surface area contributed by atoms with Crippen molar-refractivity contribution in [3.63, 3.8) is 0 Å². The molecule has 1 aromatic carbocycles. The summed E-state index contributed by atoms with van der Waals surface area (Å²) in [6.45, 7) is 5.41. The van der Waals surface area contributed by atoms with Crippen molar-refractivity contribution >= 4 is 11.3 Å². The second kappa shape index (κ2) is 16.3. The first-order chi connectivity index (χ1) is 16.8. The van der Waals surface area contributed by atoms with Crippen molar-refractivity contribution in [3.05, 3.63) is 29.3 Å². The molecule has 2 unspecified atom stereocenters. The molecule has 2 aromatic rings. The maximum absolute atomic E-state index is 6.09. The van der Waals surface area contributed by atoms with Gasteiger partial charge in [0, 0.05) is 12.0 Å². The summed E-state index contributed by atoms with van der Waals surface area (Å²) in [5.74, 6) is 2.88. The summed E-state index contributed by atoms with van der Waals surface area (Å²) in [6.07, 6.45) is 22.9. The third kappa shape index (κ3) is 9.68. The highest BCUT2D eigenvalue weighted by molar-refractivity contribution is 7.14. The Kier molecular flexibility index (Phi) is 13.0. The van der Waals surface area contributed by atoms with Gasteiger partial charge in [0.2, 0.25) is 0 Å². The van der Waals surface area contributed by atoms with E-state index in [1.165, 1.54) is 108 Å². The molecule has 0 amide bonds. The standard InChI is InChI=1S/C30H48N2OS/c1-3-5-7-8-9-11-19-29-31-32-30(34-29)27-20-22-28(23-21-27)33-24-14-18-26-17-13-12-16-25(26)15-10-6-4-2/h20-23,25-26H,3-19,24H2,1-2H3. The number of hydrogen-bond acceptors (Lipinski definition) is 4. The third-order valence-corrected chi connectivity index (χ3v) is 8.58. The minimum Gasteiger partial charge on any atom is -0.494 e. The molecule has 4 heteroatoms. The number of aromatic nitrogens is 2. The first-order valence-electron chi connectivity index (χ1n) is 14.4. The normalized spacial score (nSPS) is 18.3. The summed E-state index contributed by atoms with van der Waals surface area (Å²) < 4.78 is 6.09. The Balaban J connectivity index is 1.35. The van der Waals surface area contributed by atoms with E-state index in [0.29, 0.717) is 0 Å². The van der Waals surface area contributed by atoms with Crippen molar-refractivity contribution in [2.24, 2.45) is 11.8 Å². The van der Waals surface area contributed by atoms with Gasteiger partial charge < -0.3 is 4.74 Å². The number of nitrogens with zero attached hydrogens (tertiary/aromatic N) is 2.